The van der Waals surface area contributed by atoms with Gasteiger partial charge in [0.1, 0.15) is 0 Å². The minimum absolute atomic E-state index is 0. The van der Waals surface area contributed by atoms with E-state index in [0.29, 0.717) is 18.4 Å². The largest absolute Gasteiger partial charge is 0.478 e. The Morgan fingerprint density at radius 2 is 1.63 bits per heavy atom. The quantitative estimate of drug-likeness (QED) is 0.763. The van der Waals surface area contributed by atoms with Gasteiger partial charge in [-0.3, -0.25) is 0 Å². The Bertz CT molecular complexity index is 517. The average Bonchev–Trinajstić information content (AvgIpc) is 2.30. The summed E-state index contributed by atoms with van der Waals surface area (Å²) in [5.74, 6) is -2.49. The summed E-state index contributed by atoms with van der Waals surface area (Å²) in [6.07, 6.45) is 4.00. The van der Waals surface area contributed by atoms with Crippen LogP contribution in [0, 0.1) is 0 Å². The van der Waals surface area contributed by atoms with Gasteiger partial charge in [0.25, 0.3) is 0 Å². The molecule has 5 nitrogen and oxygen atoms in total. The van der Waals surface area contributed by atoms with Crippen LogP contribution in [-0.2, 0) is 12.8 Å². The third-order valence-corrected chi connectivity index (χ3v) is 2.57. The third kappa shape index (κ3) is 3.53. The molecule has 0 fully saturated rings. The lowest BCUT2D eigenvalue weighted by Crippen LogP contribution is -2.13. The maximum Gasteiger partial charge on any atom is 0.336 e. The molecule has 102 valence electrons. The summed E-state index contributed by atoms with van der Waals surface area (Å²) in [5, 5.41) is 18.2. The van der Waals surface area contributed by atoms with Crippen molar-refractivity contribution >= 4 is 11.9 Å². The van der Waals surface area contributed by atoms with Crippen LogP contribution < -0.4 is 0 Å². The molecule has 0 spiro atoms. The van der Waals surface area contributed by atoms with Gasteiger partial charge in [0.2, 0.25) is 0 Å². The highest BCUT2D eigenvalue weighted by Gasteiger charge is 2.21. The molecule has 0 unspecified atom stereocenters. The minimum atomic E-state index is -1.25. The molecule has 0 atom stereocenters. The molecule has 1 rings (SSSR count). The van der Waals surface area contributed by atoms with Crippen molar-refractivity contribution in [1.29, 1.82) is 0 Å². The Hall–Kier alpha value is -2.40. The van der Waals surface area contributed by atoms with Crippen molar-refractivity contribution < 1.29 is 25.3 Å². The molecule has 1 aromatic carbocycles. The first kappa shape index (κ1) is 16.6. The molecule has 19 heavy (non-hydrogen) atoms. The Morgan fingerprint density at radius 3 is 2.05 bits per heavy atom. The van der Waals surface area contributed by atoms with Crippen molar-refractivity contribution in [1.82, 2.24) is 0 Å². The SMILES string of the molecule is C=CCc1ccc(C(=O)O)c(C(=O)O)c1CC=C.O. The van der Waals surface area contributed by atoms with Crippen LogP contribution in [0.2, 0.25) is 0 Å². The van der Waals surface area contributed by atoms with Crippen LogP contribution in [0.15, 0.2) is 37.4 Å². The lowest BCUT2D eigenvalue weighted by molar-refractivity contribution is 0.0650. The lowest BCUT2D eigenvalue weighted by atomic mass is 9.92. The van der Waals surface area contributed by atoms with Gasteiger partial charge in [-0.15, -0.1) is 13.2 Å². The molecule has 0 saturated carbocycles. The smallest absolute Gasteiger partial charge is 0.336 e. The number of hydrogen-bond donors (Lipinski definition) is 2. The number of hydrogen-bond acceptors (Lipinski definition) is 2. The Labute approximate surface area is 110 Å². The van der Waals surface area contributed by atoms with Crippen LogP contribution >= 0.6 is 0 Å². The van der Waals surface area contributed by atoms with Crippen LogP contribution in [0.3, 0.4) is 0 Å². The fraction of sp³-hybridized carbons (Fsp3) is 0.143. The van der Waals surface area contributed by atoms with E-state index in [1.165, 1.54) is 6.07 Å². The number of carboxylic acid groups (broad SMARTS) is 2. The number of allylic oxidation sites excluding steroid dienone is 2. The second-order valence-corrected chi connectivity index (χ2v) is 3.72. The fourth-order valence-electron chi connectivity index (χ4n) is 1.84. The van der Waals surface area contributed by atoms with E-state index >= 15 is 0 Å². The second kappa shape index (κ2) is 7.13. The molecule has 0 saturated heterocycles. The molecular formula is C14H16O5. The third-order valence-electron chi connectivity index (χ3n) is 2.57. The van der Waals surface area contributed by atoms with E-state index < -0.39 is 11.9 Å². The molecule has 0 aliphatic carbocycles. The number of aromatic carboxylic acids is 2. The second-order valence-electron chi connectivity index (χ2n) is 3.72. The van der Waals surface area contributed by atoms with Crippen molar-refractivity contribution in [2.24, 2.45) is 0 Å². The molecule has 0 aliphatic rings. The molecule has 0 radical (unpaired) electrons. The first-order chi connectivity index (χ1) is 8.52. The van der Waals surface area contributed by atoms with Gasteiger partial charge >= 0.3 is 11.9 Å². The molecular weight excluding hydrogens is 248 g/mol. The van der Waals surface area contributed by atoms with E-state index in [0.717, 1.165) is 5.56 Å². The minimum Gasteiger partial charge on any atom is -0.478 e. The number of carbonyl (C=O) groups is 2. The van der Waals surface area contributed by atoms with Gasteiger partial charge in [0.05, 0.1) is 11.1 Å². The predicted molar refractivity (Wildman–Crippen MR) is 71.8 cm³/mol. The lowest BCUT2D eigenvalue weighted by Gasteiger charge is -2.12. The topological polar surface area (TPSA) is 106 Å². The van der Waals surface area contributed by atoms with Gasteiger partial charge < -0.3 is 15.7 Å². The molecule has 0 amide bonds. The normalized spacial score (nSPS) is 9.26. The monoisotopic (exact) mass is 264 g/mol. The van der Waals surface area contributed by atoms with Gasteiger partial charge in [-0.2, -0.15) is 0 Å². The van der Waals surface area contributed by atoms with E-state index in [1.807, 2.05) is 0 Å². The number of benzene rings is 1. The maximum atomic E-state index is 11.3. The van der Waals surface area contributed by atoms with Gasteiger partial charge in [-0.05, 0) is 30.0 Å². The van der Waals surface area contributed by atoms with Crippen LogP contribution in [0.25, 0.3) is 0 Å². The van der Waals surface area contributed by atoms with Crippen LogP contribution in [0.1, 0.15) is 31.8 Å². The highest BCUT2D eigenvalue weighted by atomic mass is 16.4. The summed E-state index contributed by atoms with van der Waals surface area (Å²) in [6, 6.07) is 2.94. The summed E-state index contributed by atoms with van der Waals surface area (Å²) in [4.78, 5) is 22.3. The maximum absolute atomic E-state index is 11.3. The highest BCUT2D eigenvalue weighted by molar-refractivity contribution is 6.03. The zero-order chi connectivity index (χ0) is 13.7. The summed E-state index contributed by atoms with van der Waals surface area (Å²) in [5.41, 5.74) is 0.874. The molecule has 5 heteroatoms. The number of carboxylic acids is 2. The Morgan fingerprint density at radius 1 is 1.05 bits per heavy atom. The molecule has 0 heterocycles. The summed E-state index contributed by atoms with van der Waals surface area (Å²) in [6.45, 7) is 7.17. The van der Waals surface area contributed by atoms with Gasteiger partial charge in [-0.1, -0.05) is 18.2 Å². The van der Waals surface area contributed by atoms with Crippen LogP contribution in [0.5, 0.6) is 0 Å². The first-order valence-electron chi connectivity index (χ1n) is 5.36. The first-order valence-corrected chi connectivity index (χ1v) is 5.36. The summed E-state index contributed by atoms with van der Waals surface area (Å²) in [7, 11) is 0. The molecule has 0 aromatic heterocycles. The Balaban J connectivity index is 0.00000324. The number of rotatable bonds is 6. The van der Waals surface area contributed by atoms with E-state index in [1.54, 1.807) is 18.2 Å². The van der Waals surface area contributed by atoms with Crippen molar-refractivity contribution in [2.45, 2.75) is 12.8 Å². The highest BCUT2D eigenvalue weighted by Crippen LogP contribution is 2.22. The zero-order valence-corrected chi connectivity index (χ0v) is 10.3. The molecule has 1 aromatic rings. The van der Waals surface area contributed by atoms with Crippen LogP contribution in [-0.4, -0.2) is 27.6 Å². The van der Waals surface area contributed by atoms with Crippen molar-refractivity contribution in [2.75, 3.05) is 0 Å². The summed E-state index contributed by atoms with van der Waals surface area (Å²) < 4.78 is 0. The predicted octanol–water partition coefficient (Wildman–Crippen LogP) is 1.72. The molecule has 0 aliphatic heterocycles. The summed E-state index contributed by atoms with van der Waals surface area (Å²) >= 11 is 0. The van der Waals surface area contributed by atoms with Gasteiger partial charge in [0, 0.05) is 0 Å². The van der Waals surface area contributed by atoms with E-state index in [2.05, 4.69) is 13.2 Å². The van der Waals surface area contributed by atoms with Crippen molar-refractivity contribution in [3.05, 3.63) is 59.7 Å². The van der Waals surface area contributed by atoms with E-state index in [4.69, 9.17) is 5.11 Å². The van der Waals surface area contributed by atoms with Gasteiger partial charge in [0.15, 0.2) is 0 Å². The van der Waals surface area contributed by atoms with E-state index in [-0.39, 0.29) is 16.6 Å². The van der Waals surface area contributed by atoms with Crippen molar-refractivity contribution in [3.8, 4) is 0 Å². The molecule has 4 N–H and O–H groups in total. The standard InChI is InChI=1S/C14H14O4.H2O/c1-3-5-9-7-8-11(13(15)16)12(14(17)18)10(9)6-4-2;/h3-4,7-8H,1-2,5-6H2,(H,15,16)(H,17,18);1H2. The average molecular weight is 264 g/mol. The molecule has 0 bridgehead atoms. The van der Waals surface area contributed by atoms with Crippen molar-refractivity contribution in [3.63, 3.8) is 0 Å². The van der Waals surface area contributed by atoms with E-state index in [9.17, 15) is 14.7 Å². The van der Waals surface area contributed by atoms with Gasteiger partial charge in [-0.25, -0.2) is 9.59 Å². The zero-order valence-electron chi connectivity index (χ0n) is 10.3. The Kier molecular flexibility index (Phi) is 6.23. The van der Waals surface area contributed by atoms with Crippen LogP contribution in [0.4, 0.5) is 0 Å². The fourth-order valence-corrected chi connectivity index (χ4v) is 1.84.